The van der Waals surface area contributed by atoms with Gasteiger partial charge in [-0.05, 0) is 12.1 Å². The maximum atomic E-state index is 14.7. The third-order valence-electron chi connectivity index (χ3n) is 8.29. The minimum atomic E-state index is -1.40. The second kappa shape index (κ2) is 17.5. The monoisotopic (exact) mass is 738 g/mol. The molecule has 0 spiro atoms. The van der Waals surface area contributed by atoms with Gasteiger partial charge < -0.3 is 47.4 Å². The Hall–Kier alpha value is -3.11. The van der Waals surface area contributed by atoms with E-state index in [2.05, 4.69) is 15.9 Å². The molecule has 0 fully saturated rings. The van der Waals surface area contributed by atoms with Crippen LogP contribution in [0.25, 0.3) is 0 Å². The summed E-state index contributed by atoms with van der Waals surface area (Å²) in [5.74, 6) is -0.611. The van der Waals surface area contributed by atoms with Crippen LogP contribution in [0.1, 0.15) is 55.5 Å². The maximum absolute atomic E-state index is 14.7. The summed E-state index contributed by atoms with van der Waals surface area (Å²) in [7, 11) is 8.98. The number of rotatable bonds is 20. The van der Waals surface area contributed by atoms with Crippen LogP contribution in [-0.4, -0.2) is 124 Å². The van der Waals surface area contributed by atoms with Crippen molar-refractivity contribution in [2.75, 3.05) is 101 Å². The fourth-order valence-electron chi connectivity index (χ4n) is 6.11. The van der Waals surface area contributed by atoms with Crippen molar-refractivity contribution < 1.29 is 61.8 Å². The van der Waals surface area contributed by atoms with Crippen molar-refractivity contribution in [2.45, 2.75) is 24.5 Å². The molecule has 0 saturated carbocycles. The number of carbonyl (C=O) groups is 3. The van der Waals surface area contributed by atoms with Gasteiger partial charge in [0.05, 0.1) is 82.0 Å². The highest BCUT2D eigenvalue weighted by Gasteiger charge is 2.51. The number of ketones is 3. The van der Waals surface area contributed by atoms with Gasteiger partial charge in [0.15, 0.2) is 23.1 Å². The Balaban J connectivity index is 2.11. The molecule has 264 valence electrons. The summed E-state index contributed by atoms with van der Waals surface area (Å²) < 4.78 is 57.6. The topological polar surface area (TPSA) is 144 Å². The molecule has 0 N–H and O–H groups in total. The number of ether oxygens (including phenoxy) is 10. The third-order valence-corrected chi connectivity index (χ3v) is 8.80. The molecule has 2 aliphatic carbocycles. The predicted octanol–water partition coefficient (Wildman–Crippen LogP) is 3.55. The first-order valence-corrected chi connectivity index (χ1v) is 16.5. The van der Waals surface area contributed by atoms with Crippen molar-refractivity contribution in [3.63, 3.8) is 0 Å². The molecular weight excluding hydrogens is 696 g/mol. The summed E-state index contributed by atoms with van der Waals surface area (Å²) in [5, 5.41) is -0.00543. The van der Waals surface area contributed by atoms with E-state index in [1.54, 1.807) is 13.2 Å². The Morgan fingerprint density at radius 2 is 1.33 bits per heavy atom. The lowest BCUT2D eigenvalue weighted by molar-refractivity contribution is -0.153. The Labute approximate surface area is 288 Å². The highest BCUT2D eigenvalue weighted by atomic mass is 79.9. The summed E-state index contributed by atoms with van der Waals surface area (Å²) in [6, 6.07) is 3.09. The smallest absolute Gasteiger partial charge is 0.202 e. The number of methoxy groups -OCH3 is 6. The zero-order chi connectivity index (χ0) is 34.8. The summed E-state index contributed by atoms with van der Waals surface area (Å²) in [4.78, 5) is 43.1. The van der Waals surface area contributed by atoms with E-state index in [0.29, 0.717) is 11.1 Å². The lowest BCUT2D eigenvalue weighted by atomic mass is 9.71. The maximum Gasteiger partial charge on any atom is 0.202 e. The second-order valence-electron chi connectivity index (χ2n) is 11.0. The number of Topliss-reactive ketones (excluding diaryl/α,β-unsaturated/α-hetero) is 1. The van der Waals surface area contributed by atoms with Crippen LogP contribution < -0.4 is 18.9 Å². The Morgan fingerprint density at radius 1 is 0.729 bits per heavy atom. The molecule has 0 saturated heterocycles. The predicted molar refractivity (Wildman–Crippen MR) is 176 cm³/mol. The van der Waals surface area contributed by atoms with Crippen LogP contribution in [0.5, 0.6) is 23.0 Å². The zero-order valence-corrected chi connectivity index (χ0v) is 29.8. The molecule has 2 atom stereocenters. The van der Waals surface area contributed by atoms with Crippen molar-refractivity contribution in [1.29, 1.82) is 0 Å². The van der Waals surface area contributed by atoms with E-state index >= 15 is 0 Å². The molecule has 0 amide bonds. The first kappa shape index (κ1) is 37.7. The number of benzene rings is 2. The number of hydrogen-bond acceptors (Lipinski definition) is 13. The number of hydrogen-bond donors (Lipinski definition) is 0. The van der Waals surface area contributed by atoms with Gasteiger partial charge in [0.2, 0.25) is 5.78 Å². The first-order chi connectivity index (χ1) is 23.3. The van der Waals surface area contributed by atoms with E-state index in [1.165, 1.54) is 41.6 Å². The van der Waals surface area contributed by atoms with E-state index < -0.39 is 23.3 Å². The molecule has 0 aliphatic heterocycles. The van der Waals surface area contributed by atoms with Crippen LogP contribution in [0.2, 0.25) is 0 Å². The van der Waals surface area contributed by atoms with Gasteiger partial charge in [-0.1, -0.05) is 15.9 Å². The number of carbonyl (C=O) groups excluding carboxylic acids is 3. The second-order valence-corrected chi connectivity index (χ2v) is 11.6. The number of alkyl halides is 1. The van der Waals surface area contributed by atoms with Gasteiger partial charge >= 0.3 is 0 Å². The Bertz CT molecular complexity index is 1480. The number of halogens is 1. The van der Waals surface area contributed by atoms with Crippen molar-refractivity contribution in [3.05, 3.63) is 45.5 Å². The van der Waals surface area contributed by atoms with E-state index in [0.717, 1.165) is 0 Å². The molecule has 2 aromatic carbocycles. The third kappa shape index (κ3) is 7.39. The largest absolute Gasteiger partial charge is 0.493 e. The average molecular weight is 740 g/mol. The molecule has 14 heteroatoms. The summed E-state index contributed by atoms with van der Waals surface area (Å²) in [5.41, 5.74) is -0.366. The molecule has 2 aromatic rings. The van der Waals surface area contributed by atoms with Crippen molar-refractivity contribution in [1.82, 2.24) is 0 Å². The highest BCUT2D eigenvalue weighted by Crippen LogP contribution is 2.54. The van der Waals surface area contributed by atoms with Crippen molar-refractivity contribution in [2.24, 2.45) is 0 Å². The molecule has 2 unspecified atom stereocenters. The molecule has 0 heterocycles. The van der Waals surface area contributed by atoms with E-state index in [9.17, 15) is 14.4 Å². The fourth-order valence-corrected chi connectivity index (χ4v) is 6.62. The van der Waals surface area contributed by atoms with E-state index in [-0.39, 0.29) is 122 Å². The van der Waals surface area contributed by atoms with Crippen molar-refractivity contribution in [3.8, 4) is 23.0 Å². The van der Waals surface area contributed by atoms with Crippen LogP contribution >= 0.6 is 15.9 Å². The van der Waals surface area contributed by atoms with Gasteiger partial charge in [-0.15, -0.1) is 0 Å². The van der Waals surface area contributed by atoms with Crippen LogP contribution in [0, 0.1) is 0 Å². The molecule has 0 bridgehead atoms. The SMILES string of the molecule is COCCOc1c2c(c(OCCOC)c3c1C(=O)c1ccc(OC)c(OC)c1C3=O)C(OCCOC)CC(OCCOC)(C(=O)CBr)C2. The van der Waals surface area contributed by atoms with Crippen LogP contribution in [0.15, 0.2) is 12.1 Å². The van der Waals surface area contributed by atoms with Crippen LogP contribution in [-0.2, 0) is 39.6 Å². The van der Waals surface area contributed by atoms with Gasteiger partial charge in [0.1, 0.15) is 30.3 Å². The molecule has 2 aliphatic rings. The molecule has 0 radical (unpaired) electrons. The van der Waals surface area contributed by atoms with Gasteiger partial charge in [-0.3, -0.25) is 14.4 Å². The summed E-state index contributed by atoms with van der Waals surface area (Å²) >= 11 is 3.34. The summed E-state index contributed by atoms with van der Waals surface area (Å²) in [6.07, 6.45) is -0.777. The molecule has 13 nitrogen and oxygen atoms in total. The van der Waals surface area contributed by atoms with Gasteiger partial charge in [0.25, 0.3) is 0 Å². The van der Waals surface area contributed by atoms with Gasteiger partial charge in [-0.2, -0.15) is 0 Å². The lowest BCUT2D eigenvalue weighted by Crippen LogP contribution is -2.50. The van der Waals surface area contributed by atoms with Crippen molar-refractivity contribution >= 4 is 33.3 Å². The van der Waals surface area contributed by atoms with Crippen LogP contribution in [0.3, 0.4) is 0 Å². The summed E-state index contributed by atoms with van der Waals surface area (Å²) in [6.45, 7) is 1.20. The highest BCUT2D eigenvalue weighted by molar-refractivity contribution is 9.09. The van der Waals surface area contributed by atoms with E-state index in [1.807, 2.05) is 0 Å². The lowest BCUT2D eigenvalue weighted by Gasteiger charge is -2.42. The van der Waals surface area contributed by atoms with Gasteiger partial charge in [-0.25, -0.2) is 0 Å². The molecule has 4 rings (SSSR count). The standard InChI is InChI=1S/C34H43BrO13/c1-39-9-13-45-23-18-34(24(36)19-35,48-16-12-42-4)17-21-25(23)33(47-15-11-41-3)28-27(31(21)46-14-10-40-2)29(37)20-7-8-22(43-5)32(44-6)26(20)30(28)38/h7-8,23H,9-19H2,1-6H3. The zero-order valence-electron chi connectivity index (χ0n) is 28.2. The average Bonchev–Trinajstić information content (AvgIpc) is 3.10. The normalized spacial score (nSPS) is 18.2. The first-order valence-electron chi connectivity index (χ1n) is 15.4. The van der Waals surface area contributed by atoms with Crippen LogP contribution in [0.4, 0.5) is 0 Å². The fraction of sp³-hybridized carbons (Fsp3) is 0.559. The Morgan fingerprint density at radius 3 is 1.94 bits per heavy atom. The minimum Gasteiger partial charge on any atom is -0.493 e. The Kier molecular flexibility index (Phi) is 13.8. The van der Waals surface area contributed by atoms with Gasteiger partial charge in [0, 0.05) is 58.0 Å². The quantitative estimate of drug-likeness (QED) is 0.123. The minimum absolute atomic E-state index is 0.00286. The number of fused-ring (bicyclic) bond motifs is 3. The molecular formula is C34H43BrO13. The van der Waals surface area contributed by atoms with E-state index in [4.69, 9.17) is 47.4 Å². The molecule has 0 aromatic heterocycles. The molecule has 48 heavy (non-hydrogen) atoms.